The van der Waals surface area contributed by atoms with E-state index in [2.05, 4.69) is 4.99 Å². The molecule has 24 heavy (non-hydrogen) atoms. The van der Waals surface area contributed by atoms with E-state index < -0.39 is 0 Å². The van der Waals surface area contributed by atoms with Crippen molar-refractivity contribution in [2.24, 2.45) is 4.99 Å². The van der Waals surface area contributed by atoms with E-state index >= 15 is 0 Å². The van der Waals surface area contributed by atoms with E-state index in [0.717, 1.165) is 5.56 Å². The van der Waals surface area contributed by atoms with Gasteiger partial charge in [-0.3, -0.25) is 9.59 Å². The number of anilines is 1. The highest BCUT2D eigenvalue weighted by Gasteiger charge is 2.37. The highest BCUT2D eigenvalue weighted by Crippen LogP contribution is 2.33. The normalized spacial score (nSPS) is 13.7. The minimum Gasteiger partial charge on any atom is -0.483 e. The number of amides is 2. The largest absolute Gasteiger partial charge is 0.483 e. The van der Waals surface area contributed by atoms with Crippen LogP contribution in [0, 0.1) is 6.92 Å². The van der Waals surface area contributed by atoms with Crippen LogP contribution in [0.15, 0.2) is 41.4 Å². The molecule has 0 N–H and O–H groups in total. The van der Waals surface area contributed by atoms with Crippen LogP contribution in [0.3, 0.4) is 0 Å². The first-order valence-electron chi connectivity index (χ1n) is 7.46. The number of benzene rings is 2. The molecule has 0 atom stereocenters. The van der Waals surface area contributed by atoms with E-state index in [0.29, 0.717) is 34.1 Å². The second-order valence-electron chi connectivity index (χ2n) is 5.30. The molecule has 0 unspecified atom stereocenters. The first-order valence-corrected chi connectivity index (χ1v) is 7.84. The lowest BCUT2D eigenvalue weighted by Gasteiger charge is -2.16. The number of imide groups is 1. The number of aryl methyl sites for hydroxylation is 1. The molecular formula is C18H15ClN2O3. The summed E-state index contributed by atoms with van der Waals surface area (Å²) in [6.07, 6.45) is 1.37. The Balaban J connectivity index is 1.96. The molecule has 3 rings (SSSR count). The quantitative estimate of drug-likeness (QED) is 0.476. The number of carbonyl (C=O) groups is 2. The molecule has 0 fully saturated rings. The molecule has 0 saturated heterocycles. The van der Waals surface area contributed by atoms with Crippen LogP contribution >= 0.6 is 11.6 Å². The maximum Gasteiger partial charge on any atom is 0.266 e. The Bertz CT molecular complexity index is 861. The van der Waals surface area contributed by atoms with Crippen molar-refractivity contribution in [3.8, 4) is 0 Å². The number of carbonyl (C=O) groups excluding carboxylic acids is 2. The maximum absolute atomic E-state index is 12.6. The Morgan fingerprint density at radius 3 is 2.58 bits per heavy atom. The monoisotopic (exact) mass is 342 g/mol. The first kappa shape index (κ1) is 16.2. The third-order valence-electron chi connectivity index (χ3n) is 3.71. The molecule has 122 valence electrons. The lowest BCUT2D eigenvalue weighted by Crippen LogP contribution is -2.29. The maximum atomic E-state index is 12.6. The third kappa shape index (κ3) is 2.78. The third-order valence-corrected chi connectivity index (χ3v) is 3.95. The van der Waals surface area contributed by atoms with Crippen LogP contribution in [-0.2, 0) is 4.74 Å². The molecule has 6 heteroatoms. The minimum atomic E-state index is -0.369. The molecule has 0 saturated carbocycles. The molecule has 1 aliphatic rings. The average molecular weight is 343 g/mol. The van der Waals surface area contributed by atoms with Gasteiger partial charge >= 0.3 is 0 Å². The Kier molecular flexibility index (Phi) is 4.36. The zero-order valence-electron chi connectivity index (χ0n) is 13.2. The number of aliphatic imine (C=N–C) groups is 1. The Hall–Kier alpha value is -2.66. The average Bonchev–Trinajstić information content (AvgIpc) is 2.79. The van der Waals surface area contributed by atoms with Gasteiger partial charge in [0, 0.05) is 5.02 Å². The smallest absolute Gasteiger partial charge is 0.266 e. The van der Waals surface area contributed by atoms with Crippen molar-refractivity contribution >= 4 is 41.2 Å². The molecule has 2 aromatic rings. The second-order valence-corrected chi connectivity index (χ2v) is 5.73. The summed E-state index contributed by atoms with van der Waals surface area (Å²) in [5.41, 5.74) is 2.67. The molecule has 2 aromatic carbocycles. The summed E-state index contributed by atoms with van der Waals surface area (Å²) < 4.78 is 5.07. The van der Waals surface area contributed by atoms with Gasteiger partial charge in [0.05, 0.1) is 29.1 Å². The number of halogens is 1. The summed E-state index contributed by atoms with van der Waals surface area (Å²) in [5.74, 6) is -0.716. The fraction of sp³-hybridized carbons (Fsp3) is 0.167. The molecule has 2 amide bonds. The van der Waals surface area contributed by atoms with Crippen LogP contribution in [-0.4, -0.2) is 24.8 Å². The standard InChI is InChI=1S/C18H15ClN2O3/c1-3-24-10-20-13-5-7-16(11(2)8-13)21-17(22)14-6-4-12(19)9-15(14)18(21)23/h4-10H,3H2,1-2H3/b20-10+. The van der Waals surface area contributed by atoms with E-state index in [1.54, 1.807) is 30.3 Å². The number of hydrogen-bond donors (Lipinski definition) is 0. The van der Waals surface area contributed by atoms with Crippen molar-refractivity contribution in [1.29, 1.82) is 0 Å². The lowest BCUT2D eigenvalue weighted by molar-refractivity contribution is 0.0926. The van der Waals surface area contributed by atoms with Gasteiger partial charge in [-0.25, -0.2) is 9.89 Å². The van der Waals surface area contributed by atoms with Gasteiger partial charge < -0.3 is 4.74 Å². The number of hydrogen-bond acceptors (Lipinski definition) is 4. The Morgan fingerprint density at radius 1 is 1.12 bits per heavy atom. The molecule has 0 bridgehead atoms. The van der Waals surface area contributed by atoms with E-state index in [-0.39, 0.29) is 11.8 Å². The summed E-state index contributed by atoms with van der Waals surface area (Å²) in [6.45, 7) is 4.23. The Morgan fingerprint density at radius 2 is 1.88 bits per heavy atom. The zero-order valence-corrected chi connectivity index (χ0v) is 14.0. The molecule has 5 nitrogen and oxygen atoms in total. The predicted octanol–water partition coefficient (Wildman–Crippen LogP) is 4.15. The second kappa shape index (κ2) is 6.45. The predicted molar refractivity (Wildman–Crippen MR) is 93.5 cm³/mol. The van der Waals surface area contributed by atoms with Gasteiger partial charge in [-0.05, 0) is 55.8 Å². The van der Waals surface area contributed by atoms with Crippen molar-refractivity contribution in [2.45, 2.75) is 13.8 Å². The highest BCUT2D eigenvalue weighted by atomic mass is 35.5. The van der Waals surface area contributed by atoms with Crippen LogP contribution in [0.5, 0.6) is 0 Å². The van der Waals surface area contributed by atoms with Crippen molar-refractivity contribution in [2.75, 3.05) is 11.5 Å². The molecule has 0 radical (unpaired) electrons. The summed E-state index contributed by atoms with van der Waals surface area (Å²) in [5, 5.41) is 0.425. The SMILES string of the molecule is CCO/C=N/c1ccc(N2C(=O)c3ccc(Cl)cc3C2=O)c(C)c1. The van der Waals surface area contributed by atoms with Gasteiger partial charge in [-0.2, -0.15) is 0 Å². The van der Waals surface area contributed by atoms with Gasteiger partial charge in [-0.1, -0.05) is 11.6 Å². The van der Waals surface area contributed by atoms with Gasteiger partial charge in [-0.15, -0.1) is 0 Å². The van der Waals surface area contributed by atoms with Gasteiger partial charge in [0.25, 0.3) is 11.8 Å². The van der Waals surface area contributed by atoms with Crippen molar-refractivity contribution in [3.63, 3.8) is 0 Å². The van der Waals surface area contributed by atoms with E-state index in [9.17, 15) is 9.59 Å². The van der Waals surface area contributed by atoms with E-state index in [4.69, 9.17) is 16.3 Å². The molecule has 1 aliphatic heterocycles. The van der Waals surface area contributed by atoms with Gasteiger partial charge in [0.15, 0.2) is 6.40 Å². The fourth-order valence-corrected chi connectivity index (χ4v) is 2.75. The number of fused-ring (bicyclic) bond motifs is 1. The van der Waals surface area contributed by atoms with Crippen LogP contribution in [0.1, 0.15) is 33.2 Å². The van der Waals surface area contributed by atoms with Crippen LogP contribution in [0.25, 0.3) is 0 Å². The van der Waals surface area contributed by atoms with E-state index in [1.807, 2.05) is 13.8 Å². The van der Waals surface area contributed by atoms with E-state index in [1.165, 1.54) is 17.4 Å². The Labute approximate surface area is 144 Å². The van der Waals surface area contributed by atoms with Crippen molar-refractivity contribution < 1.29 is 14.3 Å². The fourth-order valence-electron chi connectivity index (χ4n) is 2.58. The highest BCUT2D eigenvalue weighted by molar-refractivity contribution is 6.36. The van der Waals surface area contributed by atoms with Crippen molar-refractivity contribution in [3.05, 3.63) is 58.1 Å². The number of ether oxygens (including phenoxy) is 1. The summed E-state index contributed by atoms with van der Waals surface area (Å²) >= 11 is 5.93. The summed E-state index contributed by atoms with van der Waals surface area (Å²) in [6, 6.07) is 9.93. The minimum absolute atomic E-state index is 0.324. The summed E-state index contributed by atoms with van der Waals surface area (Å²) in [7, 11) is 0. The molecular weight excluding hydrogens is 328 g/mol. The molecule has 0 spiro atoms. The molecule has 0 aliphatic carbocycles. The first-order chi connectivity index (χ1) is 11.5. The van der Waals surface area contributed by atoms with Crippen LogP contribution in [0.4, 0.5) is 11.4 Å². The molecule has 0 aromatic heterocycles. The van der Waals surface area contributed by atoms with Crippen molar-refractivity contribution in [1.82, 2.24) is 0 Å². The lowest BCUT2D eigenvalue weighted by atomic mass is 10.1. The van der Waals surface area contributed by atoms with Gasteiger partial charge in [0.1, 0.15) is 0 Å². The zero-order chi connectivity index (χ0) is 17.3. The van der Waals surface area contributed by atoms with Crippen LogP contribution in [0.2, 0.25) is 5.02 Å². The molecule has 1 heterocycles. The topological polar surface area (TPSA) is 59.0 Å². The van der Waals surface area contributed by atoms with Crippen LogP contribution < -0.4 is 4.90 Å². The summed E-state index contributed by atoms with van der Waals surface area (Å²) in [4.78, 5) is 30.5. The van der Waals surface area contributed by atoms with Gasteiger partial charge in [0.2, 0.25) is 0 Å². The number of rotatable bonds is 4. The number of nitrogens with zero attached hydrogens (tertiary/aromatic N) is 2.